The molecule has 12 amide bonds. The number of hydrogen-bond acceptors (Lipinski definition) is 19. The molecule has 0 aliphatic carbocycles. The minimum absolute atomic E-state index is 0.00183. The standard InChI is InChI=1S/C68H86ClN13O17/c1-43(2)62(75-41-58(85)72-22-21-71-57(84)19-29-94-31-33-96-35-36-97-34-32-95-30-23-73-56(83)18-24-81-59(86)16-17-60(81)87)65(90)78-51(9-6-20-74-67(70)92)64(89)76-47-12-10-44(11-13-47)63(88)77-48-14-15-53-45(37-48)38-55(98-53)66(91)82-42-46(40-69)61-50-8-5-4-7-49(50)54(39-52(61)82)99-68(93)80-27-25-79(3)26-28-80/h4-5,7-8,10-17,37-39,43,46,51,62,75H,6,9,18-36,40-42H2,1-3H3,(H,71,84)(H,72,85)(H,73,83)(H,76,89)(H,77,88)(H,78,90)(H3,70,74,92)/t46-,51?,62?/m1/s1. The number of halogens is 1. The van der Waals surface area contributed by atoms with E-state index in [1.54, 1.807) is 54.0 Å². The first kappa shape index (κ1) is 75.2. The van der Waals surface area contributed by atoms with Gasteiger partial charge in [0, 0.05) is 136 Å². The first-order valence-electron chi connectivity index (χ1n) is 32.8. The van der Waals surface area contributed by atoms with Gasteiger partial charge >= 0.3 is 12.1 Å². The lowest BCUT2D eigenvalue weighted by molar-refractivity contribution is -0.137. The Bertz CT molecular complexity index is 3690. The van der Waals surface area contributed by atoms with Gasteiger partial charge in [0.15, 0.2) is 5.76 Å². The molecular weight excluding hydrogens is 1310 g/mol. The van der Waals surface area contributed by atoms with E-state index < -0.39 is 65.6 Å². The van der Waals surface area contributed by atoms with Crippen LogP contribution >= 0.6 is 11.6 Å². The molecular formula is C68H86ClN13O17. The quantitative estimate of drug-likeness (QED) is 0.0156. The van der Waals surface area contributed by atoms with Crippen LogP contribution in [0.1, 0.15) is 71.9 Å². The lowest BCUT2D eigenvalue weighted by atomic mass is 9.95. The van der Waals surface area contributed by atoms with Crippen molar-refractivity contribution >= 4 is 116 Å². The molecule has 2 unspecified atom stereocenters. The van der Waals surface area contributed by atoms with Gasteiger partial charge in [-0.05, 0) is 85.3 Å². The number of nitrogens with two attached hydrogens (primary N) is 1. The second kappa shape index (κ2) is 38.0. The topological polar surface area (TPSA) is 382 Å². The average molecular weight is 1390 g/mol. The second-order valence-electron chi connectivity index (χ2n) is 23.9. The Kier molecular flexibility index (Phi) is 28.9. The molecule has 0 bridgehead atoms. The minimum atomic E-state index is -1.11. The zero-order chi connectivity index (χ0) is 70.8. The number of carbonyl (C=O) groups excluding carboxylic acids is 11. The maximum atomic E-state index is 14.4. The fourth-order valence-electron chi connectivity index (χ4n) is 11.0. The normalized spacial score (nSPS) is 15.0. The molecule has 4 aromatic carbocycles. The molecule has 1 aromatic heterocycles. The van der Waals surface area contributed by atoms with Crippen molar-refractivity contribution in [2.24, 2.45) is 11.7 Å². The molecule has 3 atom stereocenters. The van der Waals surface area contributed by atoms with Crippen molar-refractivity contribution in [1.82, 2.24) is 46.6 Å². The summed E-state index contributed by atoms with van der Waals surface area (Å²) in [5, 5.41) is 24.0. The first-order valence-corrected chi connectivity index (χ1v) is 33.4. The van der Waals surface area contributed by atoms with Crippen LogP contribution in [0.5, 0.6) is 5.75 Å². The Morgan fingerprint density at radius 3 is 1.96 bits per heavy atom. The van der Waals surface area contributed by atoms with Crippen LogP contribution < -0.4 is 57.9 Å². The average Bonchev–Trinajstić information content (AvgIpc) is 1.63. The molecule has 99 heavy (non-hydrogen) atoms. The van der Waals surface area contributed by atoms with Gasteiger partial charge in [0.2, 0.25) is 29.5 Å². The number of fused-ring (bicyclic) bond motifs is 4. The molecule has 3 aliphatic rings. The van der Waals surface area contributed by atoms with Gasteiger partial charge in [-0.15, -0.1) is 11.6 Å². The molecule has 0 radical (unpaired) electrons. The number of rotatable bonds is 38. The Morgan fingerprint density at radius 1 is 0.667 bits per heavy atom. The monoisotopic (exact) mass is 1390 g/mol. The number of nitrogens with one attached hydrogen (secondary N) is 8. The molecule has 1 saturated heterocycles. The summed E-state index contributed by atoms with van der Waals surface area (Å²) in [6.45, 7) is 8.87. The zero-order valence-corrected chi connectivity index (χ0v) is 56.4. The first-order chi connectivity index (χ1) is 47.8. The number of hydrogen-bond donors (Lipinski definition) is 9. The number of anilines is 3. The summed E-state index contributed by atoms with van der Waals surface area (Å²) in [5.74, 6) is -3.93. The van der Waals surface area contributed by atoms with Gasteiger partial charge in [0.1, 0.15) is 17.4 Å². The second-order valence-corrected chi connectivity index (χ2v) is 24.2. The van der Waals surface area contributed by atoms with Crippen molar-refractivity contribution < 1.29 is 80.8 Å². The van der Waals surface area contributed by atoms with E-state index in [0.717, 1.165) is 34.3 Å². The summed E-state index contributed by atoms with van der Waals surface area (Å²) in [6, 6.07) is 19.1. The summed E-state index contributed by atoms with van der Waals surface area (Å²) in [5.41, 5.74) is 8.04. The summed E-state index contributed by atoms with van der Waals surface area (Å²) in [7, 11) is 2.00. The van der Waals surface area contributed by atoms with Gasteiger partial charge in [0.05, 0.1) is 71.1 Å². The van der Waals surface area contributed by atoms with Crippen LogP contribution in [-0.2, 0) is 52.5 Å². The van der Waals surface area contributed by atoms with E-state index in [9.17, 15) is 52.7 Å². The van der Waals surface area contributed by atoms with Gasteiger partial charge < -0.3 is 85.8 Å². The molecule has 8 rings (SSSR count). The van der Waals surface area contributed by atoms with Crippen LogP contribution in [0.2, 0.25) is 0 Å². The summed E-state index contributed by atoms with van der Waals surface area (Å²) >= 11 is 6.56. The highest BCUT2D eigenvalue weighted by atomic mass is 35.5. The number of nitrogens with zero attached hydrogens (tertiary/aromatic N) is 4. The van der Waals surface area contributed by atoms with E-state index in [-0.39, 0.29) is 139 Å². The number of carbonyl (C=O) groups is 11. The van der Waals surface area contributed by atoms with E-state index in [2.05, 4.69) is 47.4 Å². The predicted molar refractivity (Wildman–Crippen MR) is 366 cm³/mol. The van der Waals surface area contributed by atoms with Crippen LogP contribution in [0.15, 0.2) is 95.4 Å². The number of likely N-dealkylation sites (N-methyl/N-ethyl adjacent to an activating group) is 1. The lowest BCUT2D eigenvalue weighted by Crippen LogP contribution is -2.55. The summed E-state index contributed by atoms with van der Waals surface area (Å²) in [4.78, 5) is 147. The summed E-state index contributed by atoms with van der Waals surface area (Å²) < 4.78 is 34.0. The van der Waals surface area contributed by atoms with Crippen molar-refractivity contribution in [2.75, 3.05) is 153 Å². The molecule has 30 nitrogen and oxygen atoms in total. The van der Waals surface area contributed by atoms with Gasteiger partial charge in [-0.1, -0.05) is 38.1 Å². The smallest absolute Gasteiger partial charge is 0.415 e. The van der Waals surface area contributed by atoms with Gasteiger partial charge in [-0.3, -0.25) is 53.4 Å². The van der Waals surface area contributed by atoms with Crippen LogP contribution in [-0.4, -0.2) is 230 Å². The molecule has 3 aliphatic heterocycles. The largest absolute Gasteiger partial charge is 0.451 e. The third-order valence-electron chi connectivity index (χ3n) is 16.3. The zero-order valence-electron chi connectivity index (χ0n) is 55.6. The SMILES string of the molecule is CC(C)C(NCC(=O)NCCNC(=O)CCOCCOCCOCCOCCNC(=O)CCN1C(=O)C=CC1=O)C(=O)NC(CCCNC(N)=O)C(=O)Nc1ccc(C(=O)Nc2ccc3oc(C(=O)N4C[C@@H](CCl)c5c4cc(OC(=O)N4CCN(C)CC4)c4ccccc54)cc3c2)cc1. The number of furan rings is 1. The number of amides is 12. The fraction of sp³-hybridized carbons (Fsp3) is 0.456. The molecule has 532 valence electrons. The Labute approximate surface area is 576 Å². The van der Waals surface area contributed by atoms with Crippen molar-refractivity contribution in [3.8, 4) is 5.75 Å². The van der Waals surface area contributed by atoms with Crippen LogP contribution in [0.25, 0.3) is 21.7 Å². The molecule has 4 heterocycles. The summed E-state index contributed by atoms with van der Waals surface area (Å²) in [6.07, 6.45) is 2.29. The third kappa shape index (κ3) is 22.5. The minimum Gasteiger partial charge on any atom is -0.451 e. The Hall–Kier alpha value is -9.56. The maximum Gasteiger partial charge on any atom is 0.415 e. The highest BCUT2D eigenvalue weighted by Crippen LogP contribution is 2.46. The number of piperazine rings is 1. The van der Waals surface area contributed by atoms with E-state index >= 15 is 0 Å². The van der Waals surface area contributed by atoms with Crippen LogP contribution in [0.4, 0.5) is 26.7 Å². The molecule has 0 spiro atoms. The number of alkyl halides is 1. The number of primary amides is 1. The predicted octanol–water partition coefficient (Wildman–Crippen LogP) is 3.17. The van der Waals surface area contributed by atoms with Gasteiger partial charge in [-0.2, -0.15) is 0 Å². The van der Waals surface area contributed by atoms with E-state index in [4.69, 9.17) is 45.4 Å². The van der Waals surface area contributed by atoms with Crippen molar-refractivity contribution in [2.45, 2.75) is 57.5 Å². The Morgan fingerprint density at radius 2 is 1.29 bits per heavy atom. The van der Waals surface area contributed by atoms with Crippen LogP contribution in [0.3, 0.4) is 0 Å². The van der Waals surface area contributed by atoms with Crippen molar-refractivity contribution in [3.05, 3.63) is 108 Å². The molecule has 1 fully saturated rings. The van der Waals surface area contributed by atoms with Crippen LogP contribution in [0, 0.1) is 5.92 Å². The highest BCUT2D eigenvalue weighted by molar-refractivity contribution is 6.19. The number of ether oxygens (including phenoxy) is 5. The molecule has 5 aromatic rings. The number of benzene rings is 4. The molecule has 0 saturated carbocycles. The van der Waals surface area contributed by atoms with E-state index in [1.165, 1.54) is 36.4 Å². The number of imide groups is 1. The van der Waals surface area contributed by atoms with Gasteiger partial charge in [-0.25, -0.2) is 9.59 Å². The highest BCUT2D eigenvalue weighted by Gasteiger charge is 2.37. The molecule has 31 heteroatoms. The lowest BCUT2D eigenvalue weighted by Gasteiger charge is -2.31. The Balaban J connectivity index is 0.722. The third-order valence-corrected chi connectivity index (χ3v) is 16.7. The number of urea groups is 1. The van der Waals surface area contributed by atoms with Crippen molar-refractivity contribution in [1.29, 1.82) is 0 Å². The fourth-order valence-corrected chi connectivity index (χ4v) is 11.3. The van der Waals surface area contributed by atoms with E-state index in [1.807, 2.05) is 31.3 Å². The molecule has 10 N–H and O–H groups in total. The maximum absolute atomic E-state index is 14.4. The van der Waals surface area contributed by atoms with E-state index in [0.29, 0.717) is 73.3 Å². The van der Waals surface area contributed by atoms with Gasteiger partial charge in [0.25, 0.3) is 23.6 Å². The van der Waals surface area contributed by atoms with Crippen molar-refractivity contribution in [3.63, 3.8) is 0 Å².